The first-order valence-electron chi connectivity index (χ1n) is 7.48. The third-order valence-corrected chi connectivity index (χ3v) is 4.16. The molecule has 2 fully saturated rings. The monoisotopic (exact) mass is 293 g/mol. The molecular formula is C14H23N5O2. The summed E-state index contributed by atoms with van der Waals surface area (Å²) in [6.45, 7) is 4.71. The Morgan fingerprint density at radius 3 is 3.10 bits per heavy atom. The van der Waals surface area contributed by atoms with Gasteiger partial charge in [-0.1, -0.05) is 0 Å². The Morgan fingerprint density at radius 1 is 1.48 bits per heavy atom. The van der Waals surface area contributed by atoms with Crippen LogP contribution < -0.4 is 11.1 Å². The second kappa shape index (κ2) is 6.13. The van der Waals surface area contributed by atoms with E-state index in [0.29, 0.717) is 24.5 Å². The molecule has 0 bridgehead atoms. The number of nitrogens with zero attached hydrogens (tertiary/aromatic N) is 3. The highest BCUT2D eigenvalue weighted by molar-refractivity contribution is 5.41. The summed E-state index contributed by atoms with van der Waals surface area (Å²) in [5.74, 6) is 1.09. The lowest BCUT2D eigenvalue weighted by molar-refractivity contribution is -0.0566. The number of rotatable bonds is 4. The van der Waals surface area contributed by atoms with E-state index in [9.17, 15) is 0 Å². The number of hydrogen-bond acceptors (Lipinski definition) is 7. The summed E-state index contributed by atoms with van der Waals surface area (Å²) in [5.41, 5.74) is 6.55. The molecule has 0 aromatic carbocycles. The number of anilines is 2. The number of fused-ring (bicyclic) bond motifs is 1. The van der Waals surface area contributed by atoms with Gasteiger partial charge in [0.1, 0.15) is 5.82 Å². The quantitative estimate of drug-likeness (QED) is 0.719. The lowest BCUT2D eigenvalue weighted by Crippen LogP contribution is -2.46. The maximum Gasteiger partial charge on any atom is 0.222 e. The van der Waals surface area contributed by atoms with Crippen LogP contribution in [0.5, 0.6) is 0 Å². The van der Waals surface area contributed by atoms with Gasteiger partial charge in [-0.05, 0) is 19.8 Å². The zero-order valence-electron chi connectivity index (χ0n) is 12.3. The Labute approximate surface area is 124 Å². The average Bonchev–Trinajstić information content (AvgIpc) is 2.79. The van der Waals surface area contributed by atoms with Crippen molar-refractivity contribution in [2.45, 2.75) is 38.0 Å². The van der Waals surface area contributed by atoms with Gasteiger partial charge in [0.2, 0.25) is 5.95 Å². The number of nitrogens with one attached hydrogen (secondary N) is 1. The smallest absolute Gasteiger partial charge is 0.222 e. The molecule has 0 unspecified atom stereocenters. The minimum absolute atomic E-state index is 0.155. The molecule has 1 aromatic rings. The third kappa shape index (κ3) is 3.42. The molecule has 3 heterocycles. The Hall–Kier alpha value is -1.44. The van der Waals surface area contributed by atoms with Crippen LogP contribution in [-0.4, -0.2) is 64.5 Å². The maximum absolute atomic E-state index is 9.02. The first kappa shape index (κ1) is 14.5. The highest BCUT2D eigenvalue weighted by atomic mass is 16.5. The van der Waals surface area contributed by atoms with E-state index >= 15 is 0 Å². The number of aryl methyl sites for hydroxylation is 1. The molecule has 0 radical (unpaired) electrons. The van der Waals surface area contributed by atoms with Gasteiger partial charge < -0.3 is 20.9 Å². The molecule has 7 nitrogen and oxygen atoms in total. The van der Waals surface area contributed by atoms with Crippen molar-refractivity contribution in [1.82, 2.24) is 14.9 Å². The molecule has 116 valence electrons. The molecule has 0 aliphatic carbocycles. The van der Waals surface area contributed by atoms with Crippen LogP contribution in [0.4, 0.5) is 11.8 Å². The zero-order valence-corrected chi connectivity index (χ0v) is 12.3. The number of aliphatic hydroxyl groups is 1. The maximum atomic E-state index is 9.02. The standard InChI is InChI=1S/C14H23N5O2/c1-9-4-13(18-14(15)16-9)17-10-5-11-8-21-12(2-3-20)7-19(11)6-10/h4,10-12,20H,2-3,5-8H2,1H3,(H3,15,16,17,18)/t10-,11-,12-/m0/s1. The molecule has 7 heteroatoms. The lowest BCUT2D eigenvalue weighted by atomic mass is 10.1. The fourth-order valence-corrected chi connectivity index (χ4v) is 3.24. The second-order valence-electron chi connectivity index (χ2n) is 5.91. The summed E-state index contributed by atoms with van der Waals surface area (Å²) in [5, 5.41) is 12.5. The molecule has 3 atom stereocenters. The summed E-state index contributed by atoms with van der Waals surface area (Å²) in [6, 6.07) is 2.72. The number of nitrogens with two attached hydrogens (primary N) is 1. The number of morpholine rings is 1. The van der Waals surface area contributed by atoms with Crippen molar-refractivity contribution in [3.8, 4) is 0 Å². The van der Waals surface area contributed by atoms with Crippen molar-refractivity contribution >= 4 is 11.8 Å². The normalized spacial score (nSPS) is 29.3. The van der Waals surface area contributed by atoms with Crippen molar-refractivity contribution < 1.29 is 9.84 Å². The van der Waals surface area contributed by atoms with Crippen LogP contribution in [0, 0.1) is 6.92 Å². The number of hydrogen-bond donors (Lipinski definition) is 3. The van der Waals surface area contributed by atoms with E-state index < -0.39 is 0 Å². The first-order valence-corrected chi connectivity index (χ1v) is 7.48. The van der Waals surface area contributed by atoms with Crippen LogP contribution in [-0.2, 0) is 4.74 Å². The Balaban J connectivity index is 1.59. The largest absolute Gasteiger partial charge is 0.396 e. The highest BCUT2D eigenvalue weighted by Gasteiger charge is 2.37. The van der Waals surface area contributed by atoms with Crippen LogP contribution in [0.1, 0.15) is 18.5 Å². The molecule has 0 amide bonds. The van der Waals surface area contributed by atoms with Gasteiger partial charge in [0.05, 0.1) is 12.7 Å². The molecule has 2 aliphatic heterocycles. The highest BCUT2D eigenvalue weighted by Crippen LogP contribution is 2.26. The van der Waals surface area contributed by atoms with E-state index in [1.807, 2.05) is 13.0 Å². The van der Waals surface area contributed by atoms with Gasteiger partial charge in [-0.2, -0.15) is 4.98 Å². The zero-order chi connectivity index (χ0) is 14.8. The van der Waals surface area contributed by atoms with Gasteiger partial charge in [0.25, 0.3) is 0 Å². The summed E-state index contributed by atoms with van der Waals surface area (Å²) in [7, 11) is 0. The van der Waals surface area contributed by atoms with Gasteiger partial charge >= 0.3 is 0 Å². The van der Waals surface area contributed by atoms with E-state index in [4.69, 9.17) is 15.6 Å². The van der Waals surface area contributed by atoms with Crippen molar-refractivity contribution in [1.29, 1.82) is 0 Å². The Bertz CT molecular complexity index is 478. The van der Waals surface area contributed by atoms with Crippen LogP contribution in [0.3, 0.4) is 0 Å². The van der Waals surface area contributed by atoms with Crippen molar-refractivity contribution in [2.75, 3.05) is 37.4 Å². The van der Waals surface area contributed by atoms with Crippen LogP contribution in [0.2, 0.25) is 0 Å². The second-order valence-corrected chi connectivity index (χ2v) is 5.91. The summed E-state index contributed by atoms with van der Waals surface area (Å²) >= 11 is 0. The molecule has 4 N–H and O–H groups in total. The molecule has 0 spiro atoms. The van der Waals surface area contributed by atoms with Crippen LogP contribution in [0.15, 0.2) is 6.07 Å². The van der Waals surface area contributed by atoms with Gasteiger partial charge in [-0.15, -0.1) is 0 Å². The Morgan fingerprint density at radius 2 is 2.33 bits per heavy atom. The average molecular weight is 293 g/mol. The van der Waals surface area contributed by atoms with Gasteiger partial charge in [-0.3, -0.25) is 4.90 Å². The number of aliphatic hydroxyl groups excluding tert-OH is 1. The molecule has 2 saturated heterocycles. The predicted molar refractivity (Wildman–Crippen MR) is 80.0 cm³/mol. The number of aromatic nitrogens is 2. The summed E-state index contributed by atoms with van der Waals surface area (Å²) in [6.07, 6.45) is 1.90. The fraction of sp³-hybridized carbons (Fsp3) is 0.714. The van der Waals surface area contributed by atoms with Crippen LogP contribution in [0.25, 0.3) is 0 Å². The number of nitrogen functional groups attached to an aromatic ring is 1. The molecule has 1 aromatic heterocycles. The number of ether oxygens (including phenoxy) is 1. The predicted octanol–water partition coefficient (Wildman–Crippen LogP) is 0.00322. The molecule has 21 heavy (non-hydrogen) atoms. The fourth-order valence-electron chi connectivity index (χ4n) is 3.24. The molecule has 2 aliphatic rings. The SMILES string of the molecule is Cc1cc(N[C@H]2C[C@H]3CO[C@@H](CCO)CN3C2)nc(N)n1. The van der Waals surface area contributed by atoms with Gasteiger partial charge in [0.15, 0.2) is 0 Å². The van der Waals surface area contributed by atoms with Gasteiger partial charge in [0, 0.05) is 43.5 Å². The lowest BCUT2D eigenvalue weighted by Gasteiger charge is -2.34. The minimum atomic E-state index is 0.155. The van der Waals surface area contributed by atoms with E-state index in [2.05, 4.69) is 20.2 Å². The van der Waals surface area contributed by atoms with Crippen molar-refractivity contribution in [2.24, 2.45) is 0 Å². The molecule has 3 rings (SSSR count). The summed E-state index contributed by atoms with van der Waals surface area (Å²) in [4.78, 5) is 10.8. The van der Waals surface area contributed by atoms with Gasteiger partial charge in [-0.25, -0.2) is 4.98 Å². The van der Waals surface area contributed by atoms with E-state index in [-0.39, 0.29) is 12.7 Å². The van der Waals surface area contributed by atoms with Crippen molar-refractivity contribution in [3.63, 3.8) is 0 Å². The summed E-state index contributed by atoms with van der Waals surface area (Å²) < 4.78 is 5.79. The molecular weight excluding hydrogens is 270 g/mol. The molecule has 0 saturated carbocycles. The third-order valence-electron chi connectivity index (χ3n) is 4.16. The van der Waals surface area contributed by atoms with E-state index in [1.54, 1.807) is 0 Å². The topological polar surface area (TPSA) is 96.5 Å². The van der Waals surface area contributed by atoms with Crippen molar-refractivity contribution in [3.05, 3.63) is 11.8 Å². The van der Waals surface area contributed by atoms with Crippen LogP contribution >= 0.6 is 0 Å². The van der Waals surface area contributed by atoms with E-state index in [1.165, 1.54) is 0 Å². The van der Waals surface area contributed by atoms with E-state index in [0.717, 1.165) is 37.6 Å². The minimum Gasteiger partial charge on any atom is -0.396 e. The Kier molecular flexibility index (Phi) is 4.23. The first-order chi connectivity index (χ1) is 10.1.